The highest BCUT2D eigenvalue weighted by Gasteiger charge is 2.20. The van der Waals surface area contributed by atoms with Gasteiger partial charge in [-0.05, 0) is 105 Å². The van der Waals surface area contributed by atoms with E-state index in [0.717, 1.165) is 44.5 Å². The van der Waals surface area contributed by atoms with Crippen molar-refractivity contribution >= 4 is 52.2 Å². The number of rotatable bonds is 6. The van der Waals surface area contributed by atoms with Gasteiger partial charge in [0.05, 0.1) is 0 Å². The second kappa shape index (κ2) is 12.2. The molecule has 0 spiro atoms. The van der Waals surface area contributed by atoms with E-state index >= 15 is 0 Å². The standard InChI is InChI=1S/C37H22Cl4O/c38-29-13-9-25(10-14-29)23-1-5-27(6-2-23)35-21-31(40)17-19-33(35)37(42)34-20-18-32(41)22-36(34)28-7-3-24(4-8-28)26-11-15-30(39)16-12-26/h1-22H. The molecule has 0 amide bonds. The van der Waals surface area contributed by atoms with Crippen LogP contribution in [0.15, 0.2) is 133 Å². The third-order valence-electron chi connectivity index (χ3n) is 7.20. The number of carbonyl (C=O) groups excluding carboxylic acids is 1. The molecule has 0 aliphatic carbocycles. The van der Waals surface area contributed by atoms with E-state index in [2.05, 4.69) is 0 Å². The highest BCUT2D eigenvalue weighted by Crippen LogP contribution is 2.35. The second-order valence-corrected chi connectivity index (χ2v) is 11.6. The molecule has 0 aliphatic rings. The molecular formula is C37H22Cl4O. The molecule has 0 radical (unpaired) electrons. The lowest BCUT2D eigenvalue weighted by atomic mass is 9.89. The minimum absolute atomic E-state index is 0.114. The van der Waals surface area contributed by atoms with Crippen molar-refractivity contribution in [1.82, 2.24) is 0 Å². The maximum atomic E-state index is 14.2. The molecule has 0 bridgehead atoms. The largest absolute Gasteiger partial charge is 0.289 e. The molecule has 0 saturated carbocycles. The molecule has 204 valence electrons. The van der Waals surface area contributed by atoms with Crippen LogP contribution in [0.25, 0.3) is 44.5 Å². The molecule has 6 rings (SSSR count). The van der Waals surface area contributed by atoms with Gasteiger partial charge >= 0.3 is 0 Å². The van der Waals surface area contributed by atoms with E-state index in [1.54, 1.807) is 24.3 Å². The van der Waals surface area contributed by atoms with Crippen molar-refractivity contribution in [3.05, 3.63) is 165 Å². The molecule has 0 saturated heterocycles. The predicted octanol–water partition coefficient (Wildman–Crippen LogP) is 12.2. The smallest absolute Gasteiger partial charge is 0.194 e. The SMILES string of the molecule is O=C(c1ccc(Cl)cc1-c1ccc(-c2ccc(Cl)cc2)cc1)c1ccc(Cl)cc1-c1ccc(-c2ccc(Cl)cc2)cc1. The van der Waals surface area contributed by atoms with Crippen LogP contribution >= 0.6 is 46.4 Å². The van der Waals surface area contributed by atoms with Crippen molar-refractivity contribution < 1.29 is 4.79 Å². The Morgan fingerprint density at radius 1 is 0.333 bits per heavy atom. The van der Waals surface area contributed by atoms with Crippen LogP contribution in [0.4, 0.5) is 0 Å². The quantitative estimate of drug-likeness (QED) is 0.169. The van der Waals surface area contributed by atoms with Crippen LogP contribution in [-0.2, 0) is 0 Å². The molecule has 5 heteroatoms. The molecule has 6 aromatic carbocycles. The molecule has 1 nitrogen and oxygen atoms in total. The van der Waals surface area contributed by atoms with Gasteiger partial charge in [-0.2, -0.15) is 0 Å². The number of carbonyl (C=O) groups is 1. The van der Waals surface area contributed by atoms with E-state index < -0.39 is 0 Å². The van der Waals surface area contributed by atoms with Crippen molar-refractivity contribution in [1.29, 1.82) is 0 Å². The van der Waals surface area contributed by atoms with Crippen molar-refractivity contribution in [2.75, 3.05) is 0 Å². The molecule has 6 aromatic rings. The van der Waals surface area contributed by atoms with E-state index in [9.17, 15) is 4.79 Å². The van der Waals surface area contributed by atoms with Crippen LogP contribution in [0.2, 0.25) is 20.1 Å². The number of benzene rings is 6. The van der Waals surface area contributed by atoms with E-state index in [1.807, 2.05) is 109 Å². The van der Waals surface area contributed by atoms with Crippen molar-refractivity contribution in [3.63, 3.8) is 0 Å². The normalized spacial score (nSPS) is 11.0. The van der Waals surface area contributed by atoms with Gasteiger partial charge in [-0.3, -0.25) is 4.79 Å². The van der Waals surface area contributed by atoms with Gasteiger partial charge in [-0.25, -0.2) is 0 Å². The molecule has 0 unspecified atom stereocenters. The summed E-state index contributed by atoms with van der Waals surface area (Å²) in [6.45, 7) is 0. The summed E-state index contributed by atoms with van der Waals surface area (Å²) in [6.07, 6.45) is 0. The predicted molar refractivity (Wildman–Crippen MR) is 178 cm³/mol. The molecule has 0 N–H and O–H groups in total. The fraction of sp³-hybridized carbons (Fsp3) is 0. The molecule has 0 aromatic heterocycles. The van der Waals surface area contributed by atoms with Gasteiger partial charge in [0.2, 0.25) is 0 Å². The Labute approximate surface area is 264 Å². The lowest BCUT2D eigenvalue weighted by Gasteiger charge is -2.14. The Bertz CT molecular complexity index is 1750. The Morgan fingerprint density at radius 2 is 0.595 bits per heavy atom. The van der Waals surface area contributed by atoms with Crippen molar-refractivity contribution in [3.8, 4) is 44.5 Å². The number of hydrogen-bond donors (Lipinski definition) is 0. The van der Waals surface area contributed by atoms with Gasteiger partial charge in [0.25, 0.3) is 0 Å². The maximum Gasteiger partial charge on any atom is 0.194 e. The van der Waals surface area contributed by atoms with Gasteiger partial charge in [-0.1, -0.05) is 119 Å². The van der Waals surface area contributed by atoms with Gasteiger partial charge in [0.1, 0.15) is 0 Å². The number of halogens is 4. The molecule has 42 heavy (non-hydrogen) atoms. The van der Waals surface area contributed by atoms with Crippen LogP contribution in [0, 0.1) is 0 Å². The van der Waals surface area contributed by atoms with E-state index in [-0.39, 0.29) is 5.78 Å². The van der Waals surface area contributed by atoms with E-state index in [4.69, 9.17) is 46.4 Å². The minimum atomic E-state index is -0.114. The second-order valence-electron chi connectivity index (χ2n) is 9.88. The first kappa shape index (κ1) is 28.3. The summed E-state index contributed by atoms with van der Waals surface area (Å²) >= 11 is 25.0. The lowest BCUT2D eigenvalue weighted by Crippen LogP contribution is -2.06. The number of hydrogen-bond acceptors (Lipinski definition) is 1. The van der Waals surface area contributed by atoms with Crippen molar-refractivity contribution in [2.24, 2.45) is 0 Å². The summed E-state index contributed by atoms with van der Waals surface area (Å²) in [6, 6.07) is 42.3. The van der Waals surface area contributed by atoms with Crippen LogP contribution < -0.4 is 0 Å². The van der Waals surface area contributed by atoms with E-state index in [1.165, 1.54) is 0 Å². The fourth-order valence-electron chi connectivity index (χ4n) is 5.02. The van der Waals surface area contributed by atoms with Crippen molar-refractivity contribution in [2.45, 2.75) is 0 Å². The molecule has 0 atom stereocenters. The average Bonchev–Trinajstić information content (AvgIpc) is 3.02. The Hall–Kier alpha value is -3.85. The van der Waals surface area contributed by atoms with Gasteiger partial charge in [0, 0.05) is 31.2 Å². The summed E-state index contributed by atoms with van der Waals surface area (Å²) in [5.41, 5.74) is 8.62. The third kappa shape index (κ3) is 6.02. The zero-order chi connectivity index (χ0) is 29.2. The van der Waals surface area contributed by atoms with Gasteiger partial charge in [0.15, 0.2) is 5.78 Å². The molecular weight excluding hydrogens is 602 g/mol. The Balaban J connectivity index is 1.37. The minimum Gasteiger partial charge on any atom is -0.289 e. The van der Waals surface area contributed by atoms with E-state index in [0.29, 0.717) is 31.2 Å². The molecule has 0 heterocycles. The first-order chi connectivity index (χ1) is 20.4. The van der Waals surface area contributed by atoms with Crippen LogP contribution in [0.3, 0.4) is 0 Å². The zero-order valence-corrected chi connectivity index (χ0v) is 25.1. The summed E-state index contributed by atoms with van der Waals surface area (Å²) in [4.78, 5) is 14.2. The summed E-state index contributed by atoms with van der Waals surface area (Å²) < 4.78 is 0. The first-order valence-electron chi connectivity index (χ1n) is 13.2. The average molecular weight is 624 g/mol. The van der Waals surface area contributed by atoms with Gasteiger partial charge < -0.3 is 0 Å². The molecule has 0 fully saturated rings. The van der Waals surface area contributed by atoms with Crippen LogP contribution in [0.1, 0.15) is 15.9 Å². The fourth-order valence-corrected chi connectivity index (χ4v) is 5.62. The highest BCUT2D eigenvalue weighted by molar-refractivity contribution is 6.32. The highest BCUT2D eigenvalue weighted by atomic mass is 35.5. The Morgan fingerprint density at radius 3 is 0.929 bits per heavy atom. The summed E-state index contributed by atoms with van der Waals surface area (Å²) in [7, 11) is 0. The Kier molecular flexibility index (Phi) is 8.20. The lowest BCUT2D eigenvalue weighted by molar-refractivity contribution is 0.104. The summed E-state index contributed by atoms with van der Waals surface area (Å²) in [5, 5.41) is 2.49. The van der Waals surface area contributed by atoms with Gasteiger partial charge in [-0.15, -0.1) is 0 Å². The van der Waals surface area contributed by atoms with Crippen LogP contribution in [0.5, 0.6) is 0 Å². The summed E-state index contributed by atoms with van der Waals surface area (Å²) in [5.74, 6) is -0.114. The maximum absolute atomic E-state index is 14.2. The third-order valence-corrected chi connectivity index (χ3v) is 8.17. The van der Waals surface area contributed by atoms with Crippen LogP contribution in [-0.4, -0.2) is 5.78 Å². The topological polar surface area (TPSA) is 17.1 Å². The molecule has 0 aliphatic heterocycles. The first-order valence-corrected chi connectivity index (χ1v) is 14.7. The zero-order valence-electron chi connectivity index (χ0n) is 22.1. The number of ketones is 1. The monoisotopic (exact) mass is 622 g/mol.